The van der Waals surface area contributed by atoms with Crippen molar-refractivity contribution in [2.75, 3.05) is 13.2 Å². The van der Waals surface area contributed by atoms with Crippen LogP contribution in [0.2, 0.25) is 0 Å². The Morgan fingerprint density at radius 1 is 0.938 bits per heavy atom. The number of carbonyl (C=O) groups is 3. The van der Waals surface area contributed by atoms with Crippen molar-refractivity contribution in [2.24, 2.45) is 5.92 Å². The van der Waals surface area contributed by atoms with E-state index in [-0.39, 0.29) is 12.5 Å². The molecule has 8 heteroatoms. The number of aliphatic hydroxyl groups is 1. The molecule has 2 aliphatic rings. The summed E-state index contributed by atoms with van der Waals surface area (Å²) < 4.78 is 5.51. The molecular formula is C24H26N2O6. The first-order valence-electron chi connectivity index (χ1n) is 10.7. The van der Waals surface area contributed by atoms with Crippen LogP contribution in [0.1, 0.15) is 36.3 Å². The second-order valence-corrected chi connectivity index (χ2v) is 8.28. The summed E-state index contributed by atoms with van der Waals surface area (Å²) in [6.07, 6.45) is 1.58. The van der Waals surface area contributed by atoms with Crippen molar-refractivity contribution in [3.8, 4) is 11.1 Å². The molecule has 0 radical (unpaired) electrons. The fourth-order valence-corrected chi connectivity index (χ4v) is 4.16. The molecule has 2 aromatic rings. The minimum Gasteiger partial charge on any atom is -0.480 e. The topological polar surface area (TPSA) is 125 Å². The first kappa shape index (κ1) is 21.8. The van der Waals surface area contributed by atoms with Crippen LogP contribution >= 0.6 is 0 Å². The van der Waals surface area contributed by atoms with Gasteiger partial charge in [-0.3, -0.25) is 4.79 Å². The predicted octanol–water partition coefficient (Wildman–Crippen LogP) is 2.26. The van der Waals surface area contributed by atoms with Crippen LogP contribution in [-0.2, 0) is 14.3 Å². The van der Waals surface area contributed by atoms with Crippen molar-refractivity contribution in [2.45, 2.75) is 37.3 Å². The Kier molecular flexibility index (Phi) is 6.41. The van der Waals surface area contributed by atoms with Gasteiger partial charge in [-0.15, -0.1) is 0 Å². The van der Waals surface area contributed by atoms with E-state index in [1.807, 2.05) is 48.5 Å². The Balaban J connectivity index is 1.40. The molecule has 32 heavy (non-hydrogen) atoms. The molecule has 0 spiro atoms. The van der Waals surface area contributed by atoms with Gasteiger partial charge in [-0.05, 0) is 34.6 Å². The smallest absolute Gasteiger partial charge is 0.407 e. The normalized spacial score (nSPS) is 16.4. The molecule has 1 saturated carbocycles. The lowest BCUT2D eigenvalue weighted by Crippen LogP contribution is -2.53. The van der Waals surface area contributed by atoms with Crippen molar-refractivity contribution >= 4 is 18.0 Å². The van der Waals surface area contributed by atoms with E-state index in [0.717, 1.165) is 35.1 Å². The minimum atomic E-state index is -1.42. The maximum absolute atomic E-state index is 12.6. The third-order valence-electron chi connectivity index (χ3n) is 6.02. The molecule has 0 heterocycles. The number of amides is 2. The zero-order chi connectivity index (χ0) is 22.7. The Hall–Kier alpha value is -3.39. The molecule has 1 unspecified atom stereocenters. The van der Waals surface area contributed by atoms with Gasteiger partial charge in [0.25, 0.3) is 0 Å². The van der Waals surface area contributed by atoms with Gasteiger partial charge in [0, 0.05) is 5.92 Å². The molecule has 168 valence electrons. The van der Waals surface area contributed by atoms with Gasteiger partial charge in [-0.1, -0.05) is 61.4 Å². The van der Waals surface area contributed by atoms with Crippen LogP contribution in [0.4, 0.5) is 4.79 Å². The molecule has 0 aliphatic heterocycles. The maximum atomic E-state index is 12.6. The number of hydrogen-bond acceptors (Lipinski definition) is 5. The monoisotopic (exact) mass is 438 g/mol. The lowest BCUT2D eigenvalue weighted by atomic mass is 9.98. The largest absolute Gasteiger partial charge is 0.480 e. The fraction of sp³-hybridized carbons (Fsp3) is 0.375. The van der Waals surface area contributed by atoms with Crippen LogP contribution < -0.4 is 10.6 Å². The van der Waals surface area contributed by atoms with Crippen LogP contribution in [0, 0.1) is 5.92 Å². The molecule has 8 nitrogen and oxygen atoms in total. The number of carboxylic acids is 1. The number of rotatable bonds is 9. The number of aliphatic carboxylic acids is 1. The van der Waals surface area contributed by atoms with Crippen molar-refractivity contribution in [3.63, 3.8) is 0 Å². The summed E-state index contributed by atoms with van der Waals surface area (Å²) in [5.74, 6) is -1.79. The number of fused-ring (bicyclic) bond motifs is 3. The zero-order valence-corrected chi connectivity index (χ0v) is 17.5. The summed E-state index contributed by atoms with van der Waals surface area (Å²) >= 11 is 0. The summed E-state index contributed by atoms with van der Waals surface area (Å²) in [5, 5.41) is 23.1. The second kappa shape index (κ2) is 9.40. The Bertz CT molecular complexity index is 974. The van der Waals surface area contributed by atoms with Crippen molar-refractivity contribution < 1.29 is 29.3 Å². The maximum Gasteiger partial charge on any atom is 0.407 e. The Labute approximate surface area is 185 Å². The first-order chi connectivity index (χ1) is 15.5. The summed E-state index contributed by atoms with van der Waals surface area (Å²) in [4.78, 5) is 36.2. The van der Waals surface area contributed by atoms with Crippen molar-refractivity contribution in [3.05, 3.63) is 59.7 Å². The molecule has 4 N–H and O–H groups in total. The van der Waals surface area contributed by atoms with Crippen LogP contribution in [0.3, 0.4) is 0 Å². The summed E-state index contributed by atoms with van der Waals surface area (Å²) in [6.45, 7) is -0.617. The van der Waals surface area contributed by atoms with E-state index in [9.17, 15) is 14.4 Å². The van der Waals surface area contributed by atoms with Crippen LogP contribution in [0.25, 0.3) is 11.1 Å². The summed E-state index contributed by atoms with van der Waals surface area (Å²) in [7, 11) is 0. The highest BCUT2D eigenvalue weighted by Crippen LogP contribution is 2.44. The highest BCUT2D eigenvalue weighted by atomic mass is 16.5. The van der Waals surface area contributed by atoms with E-state index in [4.69, 9.17) is 14.9 Å². The SMILES string of the molecule is O=C(NC(CC1CC1)C(=O)N[C@@H](CO)C(=O)O)OCC1c2ccccc2-c2ccccc21. The van der Waals surface area contributed by atoms with E-state index in [1.54, 1.807) is 0 Å². The van der Waals surface area contributed by atoms with E-state index >= 15 is 0 Å². The van der Waals surface area contributed by atoms with Crippen molar-refractivity contribution in [1.29, 1.82) is 0 Å². The molecule has 0 bridgehead atoms. The Morgan fingerprint density at radius 2 is 1.53 bits per heavy atom. The lowest BCUT2D eigenvalue weighted by Gasteiger charge is -2.21. The van der Waals surface area contributed by atoms with Crippen molar-refractivity contribution in [1.82, 2.24) is 10.6 Å². The highest BCUT2D eigenvalue weighted by Gasteiger charge is 2.33. The highest BCUT2D eigenvalue weighted by molar-refractivity contribution is 5.89. The number of alkyl carbamates (subject to hydrolysis) is 1. The van der Waals surface area contributed by atoms with E-state index in [1.165, 1.54) is 0 Å². The average Bonchev–Trinajstić information content (AvgIpc) is 3.55. The van der Waals surface area contributed by atoms with Crippen LogP contribution in [-0.4, -0.2) is 53.5 Å². The van der Waals surface area contributed by atoms with Gasteiger partial charge in [0.1, 0.15) is 18.7 Å². The van der Waals surface area contributed by atoms with Gasteiger partial charge >= 0.3 is 12.1 Å². The van der Waals surface area contributed by atoms with Gasteiger partial charge in [0.2, 0.25) is 5.91 Å². The molecule has 0 aromatic heterocycles. The van der Waals surface area contributed by atoms with Crippen LogP contribution in [0.5, 0.6) is 0 Å². The molecule has 0 saturated heterocycles. The third-order valence-corrected chi connectivity index (χ3v) is 6.02. The zero-order valence-electron chi connectivity index (χ0n) is 17.5. The van der Waals surface area contributed by atoms with Gasteiger partial charge in [0.15, 0.2) is 0 Å². The minimum absolute atomic E-state index is 0.102. The van der Waals surface area contributed by atoms with Gasteiger partial charge in [-0.2, -0.15) is 0 Å². The van der Waals surface area contributed by atoms with Gasteiger partial charge < -0.3 is 25.6 Å². The van der Waals surface area contributed by atoms with E-state index in [0.29, 0.717) is 12.3 Å². The van der Waals surface area contributed by atoms with E-state index < -0.39 is 36.7 Å². The lowest BCUT2D eigenvalue weighted by molar-refractivity contribution is -0.143. The average molecular weight is 438 g/mol. The number of carbonyl (C=O) groups excluding carboxylic acids is 2. The first-order valence-corrected chi connectivity index (χ1v) is 10.7. The number of nitrogens with one attached hydrogen (secondary N) is 2. The number of carboxylic acid groups (broad SMARTS) is 1. The van der Waals surface area contributed by atoms with Gasteiger partial charge in [-0.25, -0.2) is 9.59 Å². The number of benzene rings is 2. The van der Waals surface area contributed by atoms with E-state index in [2.05, 4.69) is 10.6 Å². The number of aliphatic hydroxyl groups excluding tert-OH is 1. The fourth-order valence-electron chi connectivity index (χ4n) is 4.16. The number of hydrogen-bond donors (Lipinski definition) is 4. The summed E-state index contributed by atoms with van der Waals surface area (Å²) in [5.41, 5.74) is 4.40. The molecule has 2 atom stereocenters. The molecule has 2 amide bonds. The molecule has 1 fully saturated rings. The predicted molar refractivity (Wildman–Crippen MR) is 116 cm³/mol. The standard InChI is InChI=1S/C24H26N2O6/c27-12-21(23(29)30)25-22(28)20(11-14-9-10-14)26-24(31)32-13-19-17-7-3-1-5-15(17)16-6-2-4-8-18(16)19/h1-8,14,19-21,27H,9-13H2,(H,25,28)(H,26,31)(H,29,30)/t20?,21-/m0/s1. The molecule has 2 aromatic carbocycles. The van der Waals surface area contributed by atoms with Crippen LogP contribution in [0.15, 0.2) is 48.5 Å². The second-order valence-electron chi connectivity index (χ2n) is 8.28. The molecular weight excluding hydrogens is 412 g/mol. The third kappa shape index (κ3) is 4.75. The molecule has 2 aliphatic carbocycles. The molecule has 4 rings (SSSR count). The summed E-state index contributed by atoms with van der Waals surface area (Å²) in [6, 6.07) is 13.6. The Morgan fingerprint density at radius 3 is 2.06 bits per heavy atom. The quantitative estimate of drug-likeness (QED) is 0.476. The number of ether oxygens (including phenoxy) is 1. The van der Waals surface area contributed by atoms with Gasteiger partial charge in [0.05, 0.1) is 6.61 Å².